The Labute approximate surface area is 145 Å². The molecule has 0 unspecified atom stereocenters. The van der Waals surface area contributed by atoms with Gasteiger partial charge in [-0.2, -0.15) is 0 Å². The van der Waals surface area contributed by atoms with Gasteiger partial charge in [0.2, 0.25) is 0 Å². The van der Waals surface area contributed by atoms with Gasteiger partial charge in [-0.1, -0.05) is 13.8 Å². The van der Waals surface area contributed by atoms with Gasteiger partial charge in [-0.05, 0) is 36.1 Å². The molecule has 0 spiro atoms. The highest BCUT2D eigenvalue weighted by Crippen LogP contribution is 2.31. The molecule has 2 heterocycles. The second-order valence-corrected chi connectivity index (χ2v) is 8.60. The fourth-order valence-electron chi connectivity index (χ4n) is 2.80. The number of pyridine rings is 1. The molecule has 1 aliphatic heterocycles. The Hall–Kier alpha value is -2.22. The van der Waals surface area contributed by atoms with Crippen LogP contribution >= 0.6 is 0 Å². The fourth-order valence-corrected chi connectivity index (χ4v) is 3.79. The summed E-state index contributed by atoms with van der Waals surface area (Å²) in [5.74, 6) is -1.44. The third kappa shape index (κ3) is 3.89. The Balaban J connectivity index is 1.77. The van der Waals surface area contributed by atoms with E-state index in [1.54, 1.807) is 6.07 Å². The van der Waals surface area contributed by atoms with E-state index >= 15 is 0 Å². The second kappa shape index (κ2) is 6.25. The first-order valence-corrected chi connectivity index (χ1v) is 9.34. The number of rotatable bonds is 4. The molecule has 0 amide bonds. The van der Waals surface area contributed by atoms with Crippen LogP contribution < -0.4 is 9.62 Å². The molecule has 3 rings (SSSR count). The minimum Gasteiger partial charge on any atom is -0.356 e. The van der Waals surface area contributed by atoms with E-state index in [4.69, 9.17) is 0 Å². The zero-order chi connectivity index (χ0) is 18.2. The fraction of sp³-hybridized carbons (Fsp3) is 0.353. The normalized spacial score (nSPS) is 16.9. The maximum atomic E-state index is 13.2. The molecule has 25 heavy (non-hydrogen) atoms. The number of hydrogen-bond donors (Lipinski definition) is 1. The molecule has 8 heteroatoms. The van der Waals surface area contributed by atoms with Crippen LogP contribution in [-0.2, 0) is 10.0 Å². The van der Waals surface area contributed by atoms with E-state index in [1.807, 2.05) is 0 Å². The van der Waals surface area contributed by atoms with E-state index in [0.717, 1.165) is 43.5 Å². The molecule has 0 saturated carbocycles. The van der Waals surface area contributed by atoms with Crippen molar-refractivity contribution >= 4 is 21.5 Å². The van der Waals surface area contributed by atoms with Crippen LogP contribution in [0.1, 0.15) is 20.3 Å². The number of hydrogen-bond acceptors (Lipinski definition) is 4. The maximum absolute atomic E-state index is 13.2. The quantitative estimate of drug-likeness (QED) is 0.900. The van der Waals surface area contributed by atoms with Gasteiger partial charge < -0.3 is 4.90 Å². The van der Waals surface area contributed by atoms with Crippen molar-refractivity contribution in [2.45, 2.75) is 25.2 Å². The number of benzene rings is 1. The Morgan fingerprint density at radius 1 is 1.16 bits per heavy atom. The lowest BCUT2D eigenvalue weighted by atomic mass is 9.93. The van der Waals surface area contributed by atoms with E-state index in [9.17, 15) is 17.2 Å². The maximum Gasteiger partial charge on any atom is 0.263 e. The average molecular weight is 367 g/mol. The van der Waals surface area contributed by atoms with E-state index in [2.05, 4.69) is 28.5 Å². The van der Waals surface area contributed by atoms with Gasteiger partial charge in [0.1, 0.15) is 10.7 Å². The lowest BCUT2D eigenvalue weighted by Crippen LogP contribution is -2.23. The lowest BCUT2D eigenvalue weighted by molar-refractivity contribution is 0.418. The topological polar surface area (TPSA) is 62.3 Å². The van der Waals surface area contributed by atoms with Gasteiger partial charge in [0.25, 0.3) is 10.0 Å². The molecule has 0 atom stereocenters. The average Bonchev–Trinajstić information content (AvgIpc) is 2.91. The van der Waals surface area contributed by atoms with Gasteiger partial charge in [0, 0.05) is 25.4 Å². The molecule has 134 valence electrons. The third-order valence-corrected chi connectivity index (χ3v) is 5.57. The molecule has 0 radical (unpaired) electrons. The Morgan fingerprint density at radius 3 is 2.48 bits per heavy atom. The first-order chi connectivity index (χ1) is 11.7. The summed E-state index contributed by atoms with van der Waals surface area (Å²) in [6, 6.07) is 5.92. The smallest absolute Gasteiger partial charge is 0.263 e. The first-order valence-electron chi connectivity index (χ1n) is 7.85. The molecule has 1 aromatic carbocycles. The summed E-state index contributed by atoms with van der Waals surface area (Å²) in [4.78, 5) is 6.31. The van der Waals surface area contributed by atoms with Crippen molar-refractivity contribution in [2.24, 2.45) is 5.41 Å². The minimum atomic E-state index is -3.93. The molecule has 2 aromatic rings. The summed E-state index contributed by atoms with van der Waals surface area (Å²) in [5, 5.41) is 0. The molecule has 1 saturated heterocycles. The molecule has 1 fully saturated rings. The number of aromatic nitrogens is 1. The van der Waals surface area contributed by atoms with Crippen molar-refractivity contribution in [3.05, 3.63) is 48.2 Å². The van der Waals surface area contributed by atoms with E-state index in [-0.39, 0.29) is 16.0 Å². The van der Waals surface area contributed by atoms with Gasteiger partial charge in [0.15, 0.2) is 11.6 Å². The van der Waals surface area contributed by atoms with Gasteiger partial charge in [0.05, 0.1) is 5.69 Å². The highest BCUT2D eigenvalue weighted by Gasteiger charge is 2.30. The van der Waals surface area contributed by atoms with Gasteiger partial charge in [-0.25, -0.2) is 22.2 Å². The number of anilines is 2. The lowest BCUT2D eigenvalue weighted by Gasteiger charge is -2.20. The van der Waals surface area contributed by atoms with Crippen molar-refractivity contribution in [1.29, 1.82) is 0 Å². The predicted octanol–water partition coefficient (Wildman–Crippen LogP) is 3.40. The summed E-state index contributed by atoms with van der Waals surface area (Å²) < 4.78 is 53.1. The first kappa shape index (κ1) is 17.6. The van der Waals surface area contributed by atoms with E-state index in [0.29, 0.717) is 0 Å². The van der Waals surface area contributed by atoms with Crippen LogP contribution in [0, 0.1) is 17.0 Å². The monoisotopic (exact) mass is 367 g/mol. The zero-order valence-electron chi connectivity index (χ0n) is 14.0. The zero-order valence-corrected chi connectivity index (χ0v) is 14.8. The predicted molar refractivity (Wildman–Crippen MR) is 92.0 cm³/mol. The SMILES string of the molecule is CC1(C)CCN(c2ccc(S(=O)(=O)Nc3ccc(F)c(F)c3)cn2)C1. The van der Waals surface area contributed by atoms with Crippen LogP contribution in [0.3, 0.4) is 0 Å². The number of halogens is 2. The largest absolute Gasteiger partial charge is 0.356 e. The summed E-state index contributed by atoms with van der Waals surface area (Å²) in [6.07, 6.45) is 2.31. The number of nitrogens with zero attached hydrogens (tertiary/aromatic N) is 2. The van der Waals surface area contributed by atoms with Crippen molar-refractivity contribution in [3.8, 4) is 0 Å². The highest BCUT2D eigenvalue weighted by atomic mass is 32.2. The molecule has 0 aliphatic carbocycles. The number of sulfonamides is 1. The van der Waals surface area contributed by atoms with Crippen molar-refractivity contribution in [3.63, 3.8) is 0 Å². The standard InChI is InChI=1S/C17H19F2N3O2S/c1-17(2)7-8-22(11-17)16-6-4-13(10-20-16)25(23,24)21-12-3-5-14(18)15(19)9-12/h3-6,9-10,21H,7-8,11H2,1-2H3. The van der Waals surface area contributed by atoms with Crippen LogP contribution in [0.4, 0.5) is 20.3 Å². The highest BCUT2D eigenvalue weighted by molar-refractivity contribution is 7.92. The van der Waals surface area contributed by atoms with E-state index < -0.39 is 21.7 Å². The van der Waals surface area contributed by atoms with Crippen molar-refractivity contribution < 1.29 is 17.2 Å². The van der Waals surface area contributed by atoms with Crippen molar-refractivity contribution in [1.82, 2.24) is 4.98 Å². The molecule has 1 aromatic heterocycles. The van der Waals surface area contributed by atoms with Gasteiger partial charge in [-0.15, -0.1) is 0 Å². The van der Waals surface area contributed by atoms with Crippen LogP contribution in [0.2, 0.25) is 0 Å². The van der Waals surface area contributed by atoms with Crippen LogP contribution in [-0.4, -0.2) is 26.5 Å². The molecule has 1 N–H and O–H groups in total. The molecule has 0 bridgehead atoms. The summed E-state index contributed by atoms with van der Waals surface area (Å²) in [5.41, 5.74) is 0.157. The molecule has 5 nitrogen and oxygen atoms in total. The van der Waals surface area contributed by atoms with Gasteiger partial charge in [-0.3, -0.25) is 4.72 Å². The Morgan fingerprint density at radius 2 is 1.92 bits per heavy atom. The van der Waals surface area contributed by atoms with Crippen LogP contribution in [0.25, 0.3) is 0 Å². The minimum absolute atomic E-state index is 0.0422. The van der Waals surface area contributed by atoms with Crippen LogP contribution in [0.15, 0.2) is 41.4 Å². The Bertz CT molecular complexity index is 883. The third-order valence-electron chi connectivity index (χ3n) is 4.20. The van der Waals surface area contributed by atoms with Crippen LogP contribution in [0.5, 0.6) is 0 Å². The van der Waals surface area contributed by atoms with Crippen molar-refractivity contribution in [2.75, 3.05) is 22.7 Å². The second-order valence-electron chi connectivity index (χ2n) is 6.92. The van der Waals surface area contributed by atoms with Gasteiger partial charge >= 0.3 is 0 Å². The summed E-state index contributed by atoms with van der Waals surface area (Å²) in [7, 11) is -3.93. The summed E-state index contributed by atoms with van der Waals surface area (Å²) in [6.45, 7) is 6.09. The molecule has 1 aliphatic rings. The number of nitrogens with one attached hydrogen (secondary N) is 1. The molecular formula is C17H19F2N3O2S. The summed E-state index contributed by atoms with van der Waals surface area (Å²) >= 11 is 0. The van der Waals surface area contributed by atoms with E-state index in [1.165, 1.54) is 12.3 Å². The molecular weight excluding hydrogens is 348 g/mol. The Kier molecular flexibility index (Phi) is 4.40.